The van der Waals surface area contributed by atoms with Gasteiger partial charge >= 0.3 is 12.1 Å². The first-order valence-electron chi connectivity index (χ1n) is 11.0. The summed E-state index contributed by atoms with van der Waals surface area (Å²) >= 11 is 18.3. The number of halogens is 3. The van der Waals surface area contributed by atoms with Crippen molar-refractivity contribution in [3.8, 4) is 0 Å². The molecule has 3 amide bonds. The van der Waals surface area contributed by atoms with Gasteiger partial charge in [0.2, 0.25) is 9.70 Å². The third-order valence-corrected chi connectivity index (χ3v) is 6.58. The highest BCUT2D eigenvalue weighted by molar-refractivity contribution is 8.00. The average Bonchev–Trinajstić information content (AvgIpc) is 2.77. The molecule has 1 fully saturated rings. The Labute approximate surface area is 228 Å². The first-order valence-corrected chi connectivity index (χ1v) is 13.0. The van der Waals surface area contributed by atoms with E-state index in [1.165, 1.54) is 21.6 Å². The number of nitrogens with zero attached hydrogens (tertiary/aromatic N) is 2. The molecule has 2 aliphatic heterocycles. The largest absolute Gasteiger partial charge is 0.456 e. The van der Waals surface area contributed by atoms with Crippen LogP contribution in [0.15, 0.2) is 42.1 Å². The van der Waals surface area contributed by atoms with E-state index in [-0.39, 0.29) is 17.5 Å². The first-order chi connectivity index (χ1) is 16.7. The molecule has 1 N–H and O–H groups in total. The lowest BCUT2D eigenvalue weighted by Gasteiger charge is -2.49. The minimum atomic E-state index is -1.79. The monoisotopic (exact) mass is 577 g/mol. The molecule has 2 aliphatic rings. The molecule has 2 unspecified atom stereocenters. The third kappa shape index (κ3) is 7.21. The highest BCUT2D eigenvalue weighted by Crippen LogP contribution is 2.41. The van der Waals surface area contributed by atoms with Gasteiger partial charge in [-0.2, -0.15) is 0 Å². The van der Waals surface area contributed by atoms with E-state index in [4.69, 9.17) is 44.3 Å². The second-order valence-corrected chi connectivity index (χ2v) is 13.1. The van der Waals surface area contributed by atoms with Crippen LogP contribution >= 0.6 is 46.6 Å². The average molecular weight is 579 g/mol. The summed E-state index contributed by atoms with van der Waals surface area (Å²) in [5.74, 6) is -1.86. The molecule has 13 heteroatoms. The minimum Gasteiger partial charge on any atom is -0.456 e. The van der Waals surface area contributed by atoms with Crippen molar-refractivity contribution in [1.29, 1.82) is 0 Å². The van der Waals surface area contributed by atoms with Crippen LogP contribution in [0.1, 0.15) is 27.7 Å². The summed E-state index contributed by atoms with van der Waals surface area (Å²) < 4.78 is 8.68. The first kappa shape index (κ1) is 28.4. The quantitative estimate of drug-likeness (QED) is 0.309. The zero-order chi connectivity index (χ0) is 26.8. The van der Waals surface area contributed by atoms with E-state index in [9.17, 15) is 19.2 Å². The Hall–Kier alpha value is -2.14. The number of benzene rings is 1. The lowest BCUT2D eigenvalue weighted by molar-refractivity contribution is -0.152. The minimum absolute atomic E-state index is 0.0238. The lowest BCUT2D eigenvalue weighted by atomic mass is 10.0. The summed E-state index contributed by atoms with van der Waals surface area (Å²) in [6, 6.07) is 7.69. The SMILES string of the molecule is CC1C=C(C(=O)OCC(Cl)(Cl)Cl)N2C(=O)C(NC(=O)CN(C(=O)OC(C)(C)C)c3ccccc3)[C@@H]2S1. The van der Waals surface area contributed by atoms with E-state index in [1.54, 1.807) is 57.2 Å². The summed E-state index contributed by atoms with van der Waals surface area (Å²) in [6.07, 6.45) is 0.880. The Morgan fingerprint density at radius 2 is 1.78 bits per heavy atom. The molecule has 3 atom stereocenters. The van der Waals surface area contributed by atoms with Crippen LogP contribution in [0, 0.1) is 0 Å². The van der Waals surface area contributed by atoms with Gasteiger partial charge in [0.05, 0.1) is 0 Å². The standard InChI is InChI=1S/C23H26Cl3N3O6S/c1-13-10-15(20(32)34-12-23(24,25)26)29-18(31)17(19(29)36-13)27-16(30)11-28(14-8-6-5-7-9-14)21(33)35-22(2,3)4/h5-10,13,17,19H,11-12H2,1-4H3,(H,27,30)/t13?,17?,19-/m0/s1. The van der Waals surface area contributed by atoms with Crippen molar-refractivity contribution in [2.75, 3.05) is 18.1 Å². The molecule has 1 aromatic carbocycles. The van der Waals surface area contributed by atoms with Gasteiger partial charge in [-0.1, -0.05) is 53.0 Å². The summed E-state index contributed by atoms with van der Waals surface area (Å²) in [5, 5.41) is 1.98. The molecule has 1 aromatic rings. The molecular weight excluding hydrogens is 553 g/mol. The van der Waals surface area contributed by atoms with Crippen LogP contribution in [-0.4, -0.2) is 68.0 Å². The number of thioether (sulfide) groups is 1. The van der Waals surface area contributed by atoms with Crippen molar-refractivity contribution >= 4 is 76.1 Å². The van der Waals surface area contributed by atoms with Gasteiger partial charge in [0.15, 0.2) is 0 Å². The van der Waals surface area contributed by atoms with Gasteiger partial charge in [0, 0.05) is 10.9 Å². The fourth-order valence-corrected chi connectivity index (χ4v) is 4.98. The Morgan fingerprint density at radius 1 is 1.14 bits per heavy atom. The van der Waals surface area contributed by atoms with Gasteiger partial charge in [-0.15, -0.1) is 11.8 Å². The molecule has 0 spiro atoms. The van der Waals surface area contributed by atoms with Gasteiger partial charge in [0.25, 0.3) is 5.91 Å². The number of rotatable bonds is 6. The summed E-state index contributed by atoms with van der Waals surface area (Å²) in [7, 11) is 0. The van der Waals surface area contributed by atoms with E-state index >= 15 is 0 Å². The van der Waals surface area contributed by atoms with E-state index in [0.717, 1.165) is 0 Å². The van der Waals surface area contributed by atoms with Crippen molar-refractivity contribution in [2.24, 2.45) is 0 Å². The topological polar surface area (TPSA) is 105 Å². The van der Waals surface area contributed by atoms with Crippen molar-refractivity contribution < 1.29 is 28.7 Å². The van der Waals surface area contributed by atoms with E-state index in [0.29, 0.717) is 5.69 Å². The Bertz CT molecular complexity index is 1060. The number of β-lactam (4-membered cyclic amide) rings is 1. The van der Waals surface area contributed by atoms with E-state index in [1.807, 2.05) is 6.92 Å². The molecule has 36 heavy (non-hydrogen) atoms. The molecular formula is C23H26Cl3N3O6S. The number of anilines is 1. The van der Waals surface area contributed by atoms with Gasteiger partial charge in [0.1, 0.15) is 35.9 Å². The second-order valence-electron chi connectivity index (χ2n) is 9.13. The predicted molar refractivity (Wildman–Crippen MR) is 139 cm³/mol. The second kappa shape index (κ2) is 11.1. The van der Waals surface area contributed by atoms with Crippen LogP contribution in [-0.2, 0) is 23.9 Å². The predicted octanol–water partition coefficient (Wildman–Crippen LogP) is 4.01. The summed E-state index contributed by atoms with van der Waals surface area (Å²) in [5.41, 5.74) is -0.283. The number of para-hydroxylation sites is 1. The smallest absolute Gasteiger partial charge is 0.415 e. The Morgan fingerprint density at radius 3 is 2.36 bits per heavy atom. The number of carbonyl (C=O) groups excluding carboxylic acids is 4. The number of nitrogens with one attached hydrogen (secondary N) is 1. The van der Waals surface area contributed by atoms with Gasteiger partial charge < -0.3 is 14.8 Å². The van der Waals surface area contributed by atoms with Crippen LogP contribution in [0.25, 0.3) is 0 Å². The zero-order valence-electron chi connectivity index (χ0n) is 20.0. The third-order valence-electron chi connectivity index (χ3n) is 4.93. The molecule has 0 radical (unpaired) electrons. The highest BCUT2D eigenvalue weighted by Gasteiger charge is 2.54. The molecule has 1 saturated heterocycles. The fraction of sp³-hybridized carbons (Fsp3) is 0.478. The Balaban J connectivity index is 1.69. The van der Waals surface area contributed by atoms with Crippen molar-refractivity contribution in [1.82, 2.24) is 10.2 Å². The molecule has 0 bridgehead atoms. The highest BCUT2D eigenvalue weighted by atomic mass is 35.6. The lowest BCUT2D eigenvalue weighted by Crippen LogP contribution is -2.71. The zero-order valence-corrected chi connectivity index (χ0v) is 23.1. The van der Waals surface area contributed by atoms with Gasteiger partial charge in [-0.3, -0.25) is 19.4 Å². The van der Waals surface area contributed by atoms with E-state index in [2.05, 4.69) is 5.32 Å². The molecule has 2 heterocycles. The van der Waals surface area contributed by atoms with Crippen molar-refractivity contribution in [3.05, 3.63) is 42.1 Å². The van der Waals surface area contributed by atoms with Crippen LogP contribution in [0.2, 0.25) is 0 Å². The maximum absolute atomic E-state index is 12.9. The molecule has 0 aliphatic carbocycles. The summed E-state index contributed by atoms with van der Waals surface area (Å²) in [6.45, 7) is 6.15. The molecule has 0 saturated carbocycles. The summed E-state index contributed by atoms with van der Waals surface area (Å²) in [4.78, 5) is 53.6. The molecule has 196 valence electrons. The van der Waals surface area contributed by atoms with Crippen LogP contribution in [0.4, 0.5) is 10.5 Å². The van der Waals surface area contributed by atoms with Crippen molar-refractivity contribution in [3.63, 3.8) is 0 Å². The number of amides is 3. The normalized spacial score (nSPS) is 21.5. The number of esters is 1. The van der Waals surface area contributed by atoms with Crippen molar-refractivity contribution in [2.45, 2.75) is 53.8 Å². The number of ether oxygens (including phenoxy) is 2. The van der Waals surface area contributed by atoms with Crippen LogP contribution < -0.4 is 10.2 Å². The van der Waals surface area contributed by atoms with Gasteiger partial charge in [-0.25, -0.2) is 9.59 Å². The number of fused-ring (bicyclic) bond motifs is 1. The number of carbonyl (C=O) groups is 4. The van der Waals surface area contributed by atoms with Crippen LogP contribution in [0.5, 0.6) is 0 Å². The number of hydrogen-bond donors (Lipinski definition) is 1. The van der Waals surface area contributed by atoms with Gasteiger partial charge in [-0.05, 0) is 45.9 Å². The molecule has 9 nitrogen and oxygen atoms in total. The fourth-order valence-electron chi connectivity index (χ4n) is 3.49. The maximum atomic E-state index is 12.9. The molecule has 3 rings (SSSR count). The number of alkyl halides is 3. The maximum Gasteiger partial charge on any atom is 0.415 e. The van der Waals surface area contributed by atoms with Crippen LogP contribution in [0.3, 0.4) is 0 Å². The molecule has 0 aromatic heterocycles. The number of hydrogen-bond acceptors (Lipinski definition) is 7. The van der Waals surface area contributed by atoms with E-state index < -0.39 is 51.3 Å². The Kier molecular flexibility index (Phi) is 8.75.